The Bertz CT molecular complexity index is 428. The first-order valence-electron chi connectivity index (χ1n) is 4.56. The second-order valence-electron chi connectivity index (χ2n) is 4.62. The predicted octanol–water partition coefficient (Wildman–Crippen LogP) is 0.0927. The molecule has 5 heteroatoms. The van der Waals surface area contributed by atoms with E-state index in [0.29, 0.717) is 0 Å². The Hall–Kier alpha value is -1.88. The molecule has 1 aliphatic carbocycles. The summed E-state index contributed by atoms with van der Waals surface area (Å²) < 4.78 is 0. The van der Waals surface area contributed by atoms with Gasteiger partial charge in [0.15, 0.2) is 0 Å². The fraction of sp³-hybridized carbons (Fsp3) is 0.600. The Morgan fingerprint density at radius 3 is 1.80 bits per heavy atom. The van der Waals surface area contributed by atoms with Gasteiger partial charge in [0.05, 0.1) is 12.1 Å². The van der Waals surface area contributed by atoms with Crippen LogP contribution >= 0.6 is 0 Å². The third-order valence-electron chi connectivity index (χ3n) is 4.05. The lowest BCUT2D eigenvalue weighted by Gasteiger charge is -2.63. The average molecular weight is 203 g/mol. The topological polar surface area (TPSA) is 93.8 Å². The van der Waals surface area contributed by atoms with Gasteiger partial charge in [0.2, 0.25) is 11.8 Å². The SMILES string of the molecule is CC1(C)[C@@]2(C#N)C[C@]1(C#N)C(=O)NC2=O. The van der Waals surface area contributed by atoms with Crippen LogP contribution in [0.15, 0.2) is 0 Å². The number of fused-ring (bicyclic) bond motifs is 2. The van der Waals surface area contributed by atoms with E-state index in [9.17, 15) is 9.59 Å². The molecule has 2 heterocycles. The molecule has 2 aliphatic heterocycles. The number of rotatable bonds is 0. The van der Waals surface area contributed by atoms with Crippen LogP contribution in [0.2, 0.25) is 0 Å². The molecule has 2 atom stereocenters. The zero-order chi connectivity index (χ0) is 11.5. The monoisotopic (exact) mass is 203 g/mol. The molecule has 0 spiro atoms. The quantitative estimate of drug-likeness (QED) is 0.564. The molecular formula is C10H9N3O2. The minimum Gasteiger partial charge on any atom is -0.294 e. The van der Waals surface area contributed by atoms with Crippen molar-refractivity contribution in [3.05, 3.63) is 0 Å². The van der Waals surface area contributed by atoms with E-state index in [4.69, 9.17) is 10.5 Å². The first-order chi connectivity index (χ1) is 6.88. The van der Waals surface area contributed by atoms with Crippen molar-refractivity contribution in [3.63, 3.8) is 0 Å². The van der Waals surface area contributed by atoms with Crippen LogP contribution in [0.25, 0.3) is 0 Å². The smallest absolute Gasteiger partial charge is 0.247 e. The maximum absolute atomic E-state index is 11.6. The molecule has 15 heavy (non-hydrogen) atoms. The molecule has 1 N–H and O–H groups in total. The van der Waals surface area contributed by atoms with Crippen LogP contribution in [0.1, 0.15) is 20.3 Å². The zero-order valence-corrected chi connectivity index (χ0v) is 8.42. The van der Waals surface area contributed by atoms with E-state index in [-0.39, 0.29) is 6.42 Å². The van der Waals surface area contributed by atoms with Gasteiger partial charge in [0, 0.05) is 11.8 Å². The van der Waals surface area contributed by atoms with Crippen LogP contribution in [0.4, 0.5) is 0 Å². The van der Waals surface area contributed by atoms with Crippen molar-refractivity contribution in [2.45, 2.75) is 20.3 Å². The van der Waals surface area contributed by atoms with Gasteiger partial charge in [0.25, 0.3) is 0 Å². The molecule has 5 nitrogen and oxygen atoms in total. The third kappa shape index (κ3) is 0.638. The van der Waals surface area contributed by atoms with E-state index in [1.54, 1.807) is 13.8 Å². The van der Waals surface area contributed by atoms with Gasteiger partial charge in [-0.1, -0.05) is 13.8 Å². The lowest BCUT2D eigenvalue weighted by atomic mass is 9.36. The minimum atomic E-state index is -1.23. The Kier molecular flexibility index (Phi) is 1.42. The van der Waals surface area contributed by atoms with E-state index in [1.165, 1.54) is 0 Å². The summed E-state index contributed by atoms with van der Waals surface area (Å²) >= 11 is 0. The zero-order valence-electron chi connectivity index (χ0n) is 8.42. The fourth-order valence-electron chi connectivity index (χ4n) is 2.60. The van der Waals surface area contributed by atoms with Crippen molar-refractivity contribution in [2.24, 2.45) is 16.2 Å². The van der Waals surface area contributed by atoms with Gasteiger partial charge in [-0.05, 0) is 0 Å². The highest BCUT2D eigenvalue weighted by Crippen LogP contribution is 2.69. The van der Waals surface area contributed by atoms with E-state index < -0.39 is 28.1 Å². The number of piperidine rings is 2. The molecule has 0 aromatic rings. The largest absolute Gasteiger partial charge is 0.294 e. The molecule has 0 unspecified atom stereocenters. The van der Waals surface area contributed by atoms with Gasteiger partial charge in [-0.3, -0.25) is 14.9 Å². The molecule has 2 saturated heterocycles. The number of nitriles is 2. The Labute approximate surface area is 86.7 Å². The van der Waals surface area contributed by atoms with Crippen LogP contribution in [0.3, 0.4) is 0 Å². The molecule has 0 radical (unpaired) electrons. The molecule has 3 aliphatic rings. The van der Waals surface area contributed by atoms with Gasteiger partial charge in [0.1, 0.15) is 10.8 Å². The maximum atomic E-state index is 11.6. The van der Waals surface area contributed by atoms with Crippen molar-refractivity contribution in [1.29, 1.82) is 10.5 Å². The van der Waals surface area contributed by atoms with Crippen LogP contribution in [-0.4, -0.2) is 11.8 Å². The van der Waals surface area contributed by atoms with Crippen molar-refractivity contribution in [2.75, 3.05) is 0 Å². The first-order valence-corrected chi connectivity index (χ1v) is 4.56. The maximum Gasteiger partial charge on any atom is 0.247 e. The first kappa shape index (κ1) is 9.67. The van der Waals surface area contributed by atoms with Gasteiger partial charge < -0.3 is 0 Å². The van der Waals surface area contributed by atoms with E-state index >= 15 is 0 Å². The molecule has 3 rings (SSSR count). The Balaban J connectivity index is 2.64. The summed E-state index contributed by atoms with van der Waals surface area (Å²) in [6, 6.07) is 3.90. The standard InChI is InChI=1S/C10H9N3O2/c1-8(2)9(4-11)3-10(8,5-12)7(15)13-6(9)14/h3H2,1-2H3,(H,13,14,15)/t9-,10+. The normalized spacial score (nSPS) is 40.8. The summed E-state index contributed by atoms with van der Waals surface area (Å²) in [6.07, 6.45) is 0.0185. The molecular weight excluding hydrogens is 194 g/mol. The summed E-state index contributed by atoms with van der Waals surface area (Å²) in [4.78, 5) is 23.2. The molecule has 0 aromatic heterocycles. The number of carbonyl (C=O) groups excluding carboxylic acids is 2. The summed E-state index contributed by atoms with van der Waals surface area (Å²) in [7, 11) is 0. The number of carbonyl (C=O) groups is 2. The second-order valence-corrected chi connectivity index (χ2v) is 4.62. The van der Waals surface area contributed by atoms with E-state index in [2.05, 4.69) is 5.32 Å². The fourth-order valence-corrected chi connectivity index (χ4v) is 2.60. The highest BCUT2D eigenvalue weighted by Gasteiger charge is 2.80. The van der Waals surface area contributed by atoms with E-state index in [1.807, 2.05) is 12.1 Å². The number of hydrogen-bond acceptors (Lipinski definition) is 4. The molecule has 0 aromatic carbocycles. The second kappa shape index (κ2) is 2.20. The van der Waals surface area contributed by atoms with E-state index in [0.717, 1.165) is 0 Å². The van der Waals surface area contributed by atoms with Crippen molar-refractivity contribution in [3.8, 4) is 12.1 Å². The lowest BCUT2D eigenvalue weighted by Crippen LogP contribution is -2.77. The molecule has 1 saturated carbocycles. The number of amides is 2. The Morgan fingerprint density at radius 1 is 1.13 bits per heavy atom. The van der Waals surface area contributed by atoms with Crippen molar-refractivity contribution in [1.82, 2.24) is 5.32 Å². The lowest BCUT2D eigenvalue weighted by molar-refractivity contribution is -0.191. The van der Waals surface area contributed by atoms with Gasteiger partial charge >= 0.3 is 0 Å². The summed E-state index contributed by atoms with van der Waals surface area (Å²) in [5, 5.41) is 20.2. The van der Waals surface area contributed by atoms with Gasteiger partial charge in [-0.15, -0.1) is 0 Å². The number of nitrogens with zero attached hydrogens (tertiary/aromatic N) is 2. The summed E-state index contributed by atoms with van der Waals surface area (Å²) in [5.74, 6) is -1.14. The molecule has 2 amide bonds. The highest BCUT2D eigenvalue weighted by atomic mass is 16.2. The average Bonchev–Trinajstić information content (AvgIpc) is 2.17. The van der Waals surface area contributed by atoms with Crippen molar-refractivity contribution >= 4 is 11.8 Å². The third-order valence-corrected chi connectivity index (χ3v) is 4.05. The number of imide groups is 1. The predicted molar refractivity (Wildman–Crippen MR) is 47.6 cm³/mol. The van der Waals surface area contributed by atoms with Gasteiger partial charge in [-0.25, -0.2) is 0 Å². The summed E-state index contributed by atoms with van der Waals surface area (Å²) in [5.41, 5.74) is -3.36. The molecule has 2 bridgehead atoms. The van der Waals surface area contributed by atoms with Gasteiger partial charge in [-0.2, -0.15) is 10.5 Å². The van der Waals surface area contributed by atoms with Crippen molar-refractivity contribution < 1.29 is 9.59 Å². The Morgan fingerprint density at radius 2 is 1.53 bits per heavy atom. The molecule has 76 valence electrons. The van der Waals surface area contributed by atoms with Crippen LogP contribution in [-0.2, 0) is 9.59 Å². The number of hydrogen-bond donors (Lipinski definition) is 1. The highest BCUT2D eigenvalue weighted by molar-refractivity contribution is 6.10. The number of nitrogens with one attached hydrogen (secondary N) is 1. The minimum absolute atomic E-state index is 0.0185. The summed E-state index contributed by atoms with van der Waals surface area (Å²) in [6.45, 7) is 3.25. The van der Waals surface area contributed by atoms with Crippen LogP contribution in [0, 0.1) is 38.9 Å². The van der Waals surface area contributed by atoms with Crippen LogP contribution in [0.5, 0.6) is 0 Å². The molecule has 3 fully saturated rings. The van der Waals surface area contributed by atoms with Crippen LogP contribution < -0.4 is 5.32 Å².